The highest BCUT2D eigenvalue weighted by molar-refractivity contribution is 6.31. The lowest BCUT2D eigenvalue weighted by Crippen LogP contribution is -1.97. The summed E-state index contributed by atoms with van der Waals surface area (Å²) in [6, 6.07) is 10.8. The molecule has 0 saturated carbocycles. The minimum Gasteiger partial charge on any atom is -0.497 e. The third-order valence-corrected chi connectivity index (χ3v) is 2.88. The molecule has 2 aromatic carbocycles. The molecule has 0 unspecified atom stereocenters. The van der Waals surface area contributed by atoms with Gasteiger partial charge < -0.3 is 20.5 Å². The molecule has 0 atom stereocenters. The van der Waals surface area contributed by atoms with Crippen LogP contribution in [0.2, 0.25) is 5.02 Å². The monoisotopic (exact) mass is 278 g/mol. The van der Waals surface area contributed by atoms with Gasteiger partial charge in [-0.3, -0.25) is 0 Å². The van der Waals surface area contributed by atoms with E-state index in [9.17, 15) is 0 Å². The molecule has 0 amide bonds. The van der Waals surface area contributed by atoms with E-state index in [0.29, 0.717) is 22.2 Å². The molecular weight excluding hydrogens is 264 g/mol. The first-order valence-electron chi connectivity index (χ1n) is 5.67. The van der Waals surface area contributed by atoms with Crippen molar-refractivity contribution in [2.45, 2.75) is 0 Å². The lowest BCUT2D eigenvalue weighted by molar-refractivity contribution is 0.395. The van der Waals surface area contributed by atoms with Crippen LogP contribution in [0.3, 0.4) is 0 Å². The van der Waals surface area contributed by atoms with Gasteiger partial charge in [0.05, 0.1) is 25.6 Å². The number of ether oxygens (including phenoxy) is 2. The highest BCUT2D eigenvalue weighted by Gasteiger charge is 2.04. The second kappa shape index (κ2) is 5.71. The Bertz CT molecular complexity index is 565. The maximum atomic E-state index is 5.90. The summed E-state index contributed by atoms with van der Waals surface area (Å²) in [6.45, 7) is 0. The Labute approximate surface area is 117 Å². The number of methoxy groups -OCH3 is 2. The third-order valence-electron chi connectivity index (χ3n) is 2.64. The fraction of sp³-hybridized carbons (Fsp3) is 0.143. The van der Waals surface area contributed by atoms with Gasteiger partial charge in [0, 0.05) is 28.9 Å². The number of halogens is 1. The van der Waals surface area contributed by atoms with E-state index < -0.39 is 0 Å². The van der Waals surface area contributed by atoms with Gasteiger partial charge in [0.1, 0.15) is 11.5 Å². The van der Waals surface area contributed by atoms with Gasteiger partial charge in [-0.1, -0.05) is 11.6 Å². The van der Waals surface area contributed by atoms with Gasteiger partial charge >= 0.3 is 0 Å². The first kappa shape index (κ1) is 13.4. The molecular formula is C14H15ClN2O2. The number of nitrogens with one attached hydrogen (secondary N) is 1. The summed E-state index contributed by atoms with van der Waals surface area (Å²) in [5.41, 5.74) is 8.08. The van der Waals surface area contributed by atoms with E-state index in [-0.39, 0.29) is 0 Å². The molecule has 5 heteroatoms. The largest absolute Gasteiger partial charge is 0.497 e. The van der Waals surface area contributed by atoms with Crippen LogP contribution in [0.25, 0.3) is 0 Å². The van der Waals surface area contributed by atoms with Crippen molar-refractivity contribution < 1.29 is 9.47 Å². The smallest absolute Gasteiger partial charge is 0.124 e. The zero-order valence-corrected chi connectivity index (χ0v) is 11.5. The van der Waals surface area contributed by atoms with Crippen molar-refractivity contribution in [2.75, 3.05) is 25.3 Å². The van der Waals surface area contributed by atoms with Gasteiger partial charge in [0.25, 0.3) is 0 Å². The zero-order valence-electron chi connectivity index (χ0n) is 10.7. The van der Waals surface area contributed by atoms with Gasteiger partial charge in [-0.25, -0.2) is 0 Å². The summed E-state index contributed by atoms with van der Waals surface area (Å²) >= 11 is 5.87. The van der Waals surface area contributed by atoms with E-state index in [1.54, 1.807) is 32.4 Å². The molecule has 0 aliphatic heterocycles. The zero-order chi connectivity index (χ0) is 13.8. The first-order valence-corrected chi connectivity index (χ1v) is 6.05. The van der Waals surface area contributed by atoms with Crippen molar-refractivity contribution in [2.24, 2.45) is 0 Å². The van der Waals surface area contributed by atoms with Crippen LogP contribution in [0.1, 0.15) is 0 Å². The lowest BCUT2D eigenvalue weighted by Gasteiger charge is -2.12. The van der Waals surface area contributed by atoms with Gasteiger partial charge in [0.2, 0.25) is 0 Å². The summed E-state index contributed by atoms with van der Waals surface area (Å²) in [6.07, 6.45) is 0. The predicted molar refractivity (Wildman–Crippen MR) is 78.7 cm³/mol. The average molecular weight is 279 g/mol. The quantitative estimate of drug-likeness (QED) is 0.838. The lowest BCUT2D eigenvalue weighted by atomic mass is 10.2. The molecule has 3 N–H and O–H groups in total. The number of anilines is 3. The van der Waals surface area contributed by atoms with Crippen LogP contribution in [0.5, 0.6) is 11.5 Å². The molecule has 2 aromatic rings. The second-order valence-corrected chi connectivity index (χ2v) is 4.39. The third kappa shape index (κ3) is 3.23. The van der Waals surface area contributed by atoms with Crippen LogP contribution in [0.4, 0.5) is 17.1 Å². The summed E-state index contributed by atoms with van der Waals surface area (Å²) in [5, 5.41) is 3.81. The van der Waals surface area contributed by atoms with Crippen LogP contribution in [-0.4, -0.2) is 14.2 Å². The van der Waals surface area contributed by atoms with Crippen LogP contribution in [0, 0.1) is 0 Å². The number of hydrogen-bond acceptors (Lipinski definition) is 4. The van der Waals surface area contributed by atoms with Crippen LogP contribution < -0.4 is 20.5 Å². The Hall–Kier alpha value is -2.07. The Morgan fingerprint density at radius 1 is 1.00 bits per heavy atom. The van der Waals surface area contributed by atoms with E-state index in [2.05, 4.69) is 5.32 Å². The van der Waals surface area contributed by atoms with Gasteiger partial charge in [0.15, 0.2) is 0 Å². The number of rotatable bonds is 4. The SMILES string of the molecule is COc1cc(Nc2ccc(Cl)cc2N)cc(OC)c1. The summed E-state index contributed by atoms with van der Waals surface area (Å²) in [7, 11) is 3.21. The molecule has 0 aliphatic rings. The molecule has 2 rings (SSSR count). The molecule has 0 fully saturated rings. The average Bonchev–Trinajstić information content (AvgIpc) is 2.41. The molecule has 0 bridgehead atoms. The van der Waals surface area contributed by atoms with Crippen LogP contribution in [-0.2, 0) is 0 Å². The first-order chi connectivity index (χ1) is 9.12. The minimum absolute atomic E-state index is 0.578. The molecule has 19 heavy (non-hydrogen) atoms. The van der Waals surface area contributed by atoms with Crippen molar-refractivity contribution in [3.63, 3.8) is 0 Å². The number of nitrogen functional groups attached to an aromatic ring is 1. The van der Waals surface area contributed by atoms with E-state index in [4.69, 9.17) is 26.8 Å². The second-order valence-electron chi connectivity index (χ2n) is 3.96. The van der Waals surface area contributed by atoms with E-state index in [1.165, 1.54) is 0 Å². The Morgan fingerprint density at radius 3 is 2.16 bits per heavy atom. The van der Waals surface area contributed by atoms with Crippen LogP contribution >= 0.6 is 11.6 Å². The number of hydrogen-bond donors (Lipinski definition) is 2. The van der Waals surface area contributed by atoms with E-state index >= 15 is 0 Å². The number of nitrogens with two attached hydrogens (primary N) is 1. The molecule has 100 valence electrons. The summed E-state index contributed by atoms with van der Waals surface area (Å²) in [4.78, 5) is 0. The Balaban J connectivity index is 2.31. The molecule has 0 aromatic heterocycles. The molecule has 0 saturated heterocycles. The molecule has 0 spiro atoms. The molecule has 0 aliphatic carbocycles. The minimum atomic E-state index is 0.578. The van der Waals surface area contributed by atoms with Crippen molar-refractivity contribution in [3.8, 4) is 11.5 Å². The topological polar surface area (TPSA) is 56.5 Å². The van der Waals surface area contributed by atoms with E-state index in [0.717, 1.165) is 11.4 Å². The highest BCUT2D eigenvalue weighted by atomic mass is 35.5. The van der Waals surface area contributed by atoms with Crippen molar-refractivity contribution in [1.29, 1.82) is 0 Å². The molecule has 0 heterocycles. The number of benzene rings is 2. The van der Waals surface area contributed by atoms with E-state index in [1.807, 2.05) is 18.2 Å². The molecule has 0 radical (unpaired) electrons. The van der Waals surface area contributed by atoms with Crippen LogP contribution in [0.15, 0.2) is 36.4 Å². The highest BCUT2D eigenvalue weighted by Crippen LogP contribution is 2.30. The van der Waals surface area contributed by atoms with Gasteiger partial charge in [-0.05, 0) is 18.2 Å². The van der Waals surface area contributed by atoms with Gasteiger partial charge in [-0.2, -0.15) is 0 Å². The maximum Gasteiger partial charge on any atom is 0.124 e. The summed E-state index contributed by atoms with van der Waals surface area (Å²) in [5.74, 6) is 1.41. The fourth-order valence-electron chi connectivity index (χ4n) is 1.68. The van der Waals surface area contributed by atoms with Gasteiger partial charge in [-0.15, -0.1) is 0 Å². The Kier molecular flexibility index (Phi) is 4.02. The normalized spacial score (nSPS) is 10.1. The van der Waals surface area contributed by atoms with Crippen molar-refractivity contribution >= 4 is 28.7 Å². The predicted octanol–water partition coefficient (Wildman–Crippen LogP) is 3.68. The summed E-state index contributed by atoms with van der Waals surface area (Å²) < 4.78 is 10.4. The fourth-order valence-corrected chi connectivity index (χ4v) is 1.86. The van der Waals surface area contributed by atoms with Crippen molar-refractivity contribution in [1.82, 2.24) is 0 Å². The van der Waals surface area contributed by atoms with Crippen molar-refractivity contribution in [3.05, 3.63) is 41.4 Å². The standard InChI is InChI=1S/C14H15ClN2O2/c1-18-11-6-10(7-12(8-11)19-2)17-14-4-3-9(15)5-13(14)16/h3-8,17H,16H2,1-2H3. The Morgan fingerprint density at radius 2 is 1.63 bits per heavy atom. The maximum absolute atomic E-state index is 5.90. The molecule has 4 nitrogen and oxygen atoms in total.